The third kappa shape index (κ3) is 11.2. The first kappa shape index (κ1) is 34.9. The number of halogens is 1. The van der Waals surface area contributed by atoms with Crippen molar-refractivity contribution in [2.75, 3.05) is 11.9 Å². The highest BCUT2D eigenvalue weighted by Gasteiger charge is 2.37. The maximum atomic E-state index is 14.4. The molecular formula is C33H48ClN3O5. The zero-order valence-electron chi connectivity index (χ0n) is 26.1. The van der Waals surface area contributed by atoms with Gasteiger partial charge >= 0.3 is 6.09 Å². The Kier molecular flexibility index (Phi) is 13.6. The zero-order valence-corrected chi connectivity index (χ0v) is 26.9. The normalized spacial score (nSPS) is 12.9. The van der Waals surface area contributed by atoms with Crippen molar-refractivity contribution in [2.45, 2.75) is 105 Å². The average molecular weight is 602 g/mol. The summed E-state index contributed by atoms with van der Waals surface area (Å²) in [4.78, 5) is 42.8. The van der Waals surface area contributed by atoms with Crippen LogP contribution in [-0.4, -0.2) is 46.1 Å². The maximum absolute atomic E-state index is 14.4. The number of amides is 3. The summed E-state index contributed by atoms with van der Waals surface area (Å²) in [5.74, 6) is -0.831. The second kappa shape index (κ2) is 16.4. The number of anilines is 1. The van der Waals surface area contributed by atoms with Crippen LogP contribution in [0.25, 0.3) is 0 Å². The average Bonchev–Trinajstić information content (AvgIpc) is 2.88. The molecule has 3 N–H and O–H groups in total. The summed E-state index contributed by atoms with van der Waals surface area (Å²) >= 11 is 6.44. The molecule has 2 atom stereocenters. The Labute approximate surface area is 256 Å². The summed E-state index contributed by atoms with van der Waals surface area (Å²) in [5.41, 5.74) is 0.924. The number of aromatic hydroxyl groups is 1. The summed E-state index contributed by atoms with van der Waals surface area (Å²) in [6, 6.07) is 9.65. The third-order valence-electron chi connectivity index (χ3n) is 6.70. The van der Waals surface area contributed by atoms with Gasteiger partial charge in [-0.25, -0.2) is 4.79 Å². The predicted molar refractivity (Wildman–Crippen MR) is 169 cm³/mol. The van der Waals surface area contributed by atoms with Crippen molar-refractivity contribution < 1.29 is 24.2 Å². The molecular weight excluding hydrogens is 554 g/mol. The van der Waals surface area contributed by atoms with Gasteiger partial charge in [0.15, 0.2) is 0 Å². The zero-order chi connectivity index (χ0) is 31.4. The predicted octanol–water partition coefficient (Wildman–Crippen LogP) is 7.77. The summed E-state index contributed by atoms with van der Waals surface area (Å²) in [5, 5.41) is 16.4. The molecule has 0 fully saturated rings. The molecule has 0 aromatic heterocycles. The molecule has 0 saturated heterocycles. The van der Waals surface area contributed by atoms with E-state index in [9.17, 15) is 19.5 Å². The van der Waals surface area contributed by atoms with Crippen LogP contribution in [0.3, 0.4) is 0 Å². The van der Waals surface area contributed by atoms with Gasteiger partial charge in [0.1, 0.15) is 23.4 Å². The van der Waals surface area contributed by atoms with Gasteiger partial charge < -0.3 is 25.4 Å². The number of benzene rings is 2. The molecule has 0 saturated carbocycles. The van der Waals surface area contributed by atoms with Crippen molar-refractivity contribution >= 4 is 35.2 Å². The Morgan fingerprint density at radius 1 is 1.02 bits per heavy atom. The highest BCUT2D eigenvalue weighted by molar-refractivity contribution is 6.34. The minimum atomic E-state index is -1.10. The Hall–Kier alpha value is -3.26. The lowest BCUT2D eigenvalue weighted by Gasteiger charge is -2.35. The molecule has 0 bridgehead atoms. The number of hydrogen-bond donors (Lipinski definition) is 3. The van der Waals surface area contributed by atoms with Crippen LogP contribution in [-0.2, 0) is 14.3 Å². The van der Waals surface area contributed by atoms with Gasteiger partial charge in [0.05, 0.1) is 10.7 Å². The number of aryl methyl sites for hydroxylation is 1. The lowest BCUT2D eigenvalue weighted by Crippen LogP contribution is -2.53. The Morgan fingerprint density at radius 2 is 1.69 bits per heavy atom. The van der Waals surface area contributed by atoms with Crippen molar-refractivity contribution in [3.05, 3.63) is 58.6 Å². The van der Waals surface area contributed by atoms with Crippen molar-refractivity contribution in [3.8, 4) is 5.75 Å². The Morgan fingerprint density at radius 3 is 2.29 bits per heavy atom. The SMILES string of the molecule is CCCCCCCN(C(=O)C(CC(C)C)NC(=O)OC(C)(C)C)C(C(=O)Nc1c(C)cccc1Cl)c1cccc(O)c1. The van der Waals surface area contributed by atoms with Gasteiger partial charge in [0.25, 0.3) is 5.91 Å². The molecule has 0 spiro atoms. The molecule has 9 heteroatoms. The van der Waals surface area contributed by atoms with E-state index in [0.717, 1.165) is 31.2 Å². The van der Waals surface area contributed by atoms with Crippen LogP contribution < -0.4 is 10.6 Å². The summed E-state index contributed by atoms with van der Waals surface area (Å²) < 4.78 is 5.47. The van der Waals surface area contributed by atoms with E-state index in [1.165, 1.54) is 17.0 Å². The fourth-order valence-electron chi connectivity index (χ4n) is 4.74. The van der Waals surface area contributed by atoms with Crippen LogP contribution in [0.4, 0.5) is 10.5 Å². The van der Waals surface area contributed by atoms with E-state index >= 15 is 0 Å². The van der Waals surface area contributed by atoms with Crippen molar-refractivity contribution in [3.63, 3.8) is 0 Å². The molecule has 2 aromatic rings. The van der Waals surface area contributed by atoms with Gasteiger partial charge in [-0.05, 0) is 75.8 Å². The van der Waals surface area contributed by atoms with Crippen molar-refractivity contribution in [1.29, 1.82) is 0 Å². The van der Waals surface area contributed by atoms with Crippen molar-refractivity contribution in [2.24, 2.45) is 5.92 Å². The first-order chi connectivity index (χ1) is 19.7. The van der Waals surface area contributed by atoms with Gasteiger partial charge in [-0.15, -0.1) is 0 Å². The molecule has 42 heavy (non-hydrogen) atoms. The number of phenolic OH excluding ortho intramolecular Hbond substituents is 1. The summed E-state index contributed by atoms with van der Waals surface area (Å²) in [6.45, 7) is 13.5. The van der Waals surface area contributed by atoms with E-state index in [1.807, 2.05) is 26.8 Å². The highest BCUT2D eigenvalue weighted by Crippen LogP contribution is 2.31. The maximum Gasteiger partial charge on any atom is 0.408 e. The fraction of sp³-hybridized carbons (Fsp3) is 0.545. The van der Waals surface area contributed by atoms with Crippen molar-refractivity contribution in [1.82, 2.24) is 10.2 Å². The van der Waals surface area contributed by atoms with Gasteiger partial charge in [-0.3, -0.25) is 9.59 Å². The number of unbranched alkanes of at least 4 members (excludes halogenated alkanes) is 4. The molecule has 0 aliphatic heterocycles. The van der Waals surface area contributed by atoms with Gasteiger partial charge in [0.2, 0.25) is 5.91 Å². The monoisotopic (exact) mass is 601 g/mol. The molecule has 0 radical (unpaired) electrons. The Balaban J connectivity index is 2.57. The quantitative estimate of drug-likeness (QED) is 0.192. The molecule has 0 heterocycles. The number of nitrogens with zero attached hydrogens (tertiary/aromatic N) is 1. The largest absolute Gasteiger partial charge is 0.508 e. The van der Waals surface area contributed by atoms with Crippen LogP contribution >= 0.6 is 11.6 Å². The van der Waals surface area contributed by atoms with Gasteiger partial charge in [0, 0.05) is 6.54 Å². The molecule has 8 nitrogen and oxygen atoms in total. The molecule has 2 aromatic carbocycles. The molecule has 2 rings (SSSR count). The number of rotatable bonds is 14. The molecule has 3 amide bonds. The van der Waals surface area contributed by atoms with Crippen LogP contribution in [0.2, 0.25) is 5.02 Å². The van der Waals surface area contributed by atoms with E-state index in [1.54, 1.807) is 45.0 Å². The highest BCUT2D eigenvalue weighted by atomic mass is 35.5. The van der Waals surface area contributed by atoms with Gasteiger partial charge in [-0.2, -0.15) is 0 Å². The number of carbonyl (C=O) groups is 3. The van der Waals surface area contributed by atoms with Gasteiger partial charge in [-0.1, -0.05) is 82.3 Å². The van der Waals surface area contributed by atoms with Crippen LogP contribution in [0, 0.1) is 12.8 Å². The fourth-order valence-corrected chi connectivity index (χ4v) is 5.01. The smallest absolute Gasteiger partial charge is 0.408 e. The number of nitrogens with one attached hydrogen (secondary N) is 2. The first-order valence-electron chi connectivity index (χ1n) is 14.9. The molecule has 2 unspecified atom stereocenters. The molecule has 0 aliphatic carbocycles. The van der Waals surface area contributed by atoms with Crippen LogP contribution in [0.5, 0.6) is 5.75 Å². The number of hydrogen-bond acceptors (Lipinski definition) is 5. The number of carbonyl (C=O) groups excluding carboxylic acids is 3. The van der Waals surface area contributed by atoms with E-state index in [4.69, 9.17) is 16.3 Å². The van der Waals surface area contributed by atoms with E-state index in [2.05, 4.69) is 17.6 Å². The van der Waals surface area contributed by atoms with E-state index in [-0.39, 0.29) is 18.2 Å². The minimum absolute atomic E-state index is 0.0276. The second-order valence-electron chi connectivity index (χ2n) is 12.2. The third-order valence-corrected chi connectivity index (χ3v) is 7.01. The van der Waals surface area contributed by atoms with Crippen LogP contribution in [0.1, 0.15) is 97.2 Å². The second-order valence-corrected chi connectivity index (χ2v) is 12.6. The molecule has 0 aliphatic rings. The minimum Gasteiger partial charge on any atom is -0.508 e. The van der Waals surface area contributed by atoms with E-state index in [0.29, 0.717) is 29.1 Å². The number of para-hydroxylation sites is 1. The topological polar surface area (TPSA) is 108 Å². The summed E-state index contributed by atoms with van der Waals surface area (Å²) in [6.07, 6.45) is 4.35. The lowest BCUT2D eigenvalue weighted by atomic mass is 9.98. The lowest BCUT2D eigenvalue weighted by molar-refractivity contribution is -0.141. The number of alkyl carbamates (subject to hydrolysis) is 1. The summed E-state index contributed by atoms with van der Waals surface area (Å²) in [7, 11) is 0. The standard InChI is InChI=1S/C33H48ClN3O5/c1-8-9-10-11-12-19-37(31(40)27(20-22(2)3)35-32(41)42-33(5,6)7)29(24-16-14-17-25(38)21-24)30(39)36-28-23(4)15-13-18-26(28)34/h13-18,21-22,27,29,38H,8-12,19-20H2,1-7H3,(H,35,41)(H,36,39). The molecule has 232 valence electrons. The van der Waals surface area contributed by atoms with Crippen LogP contribution in [0.15, 0.2) is 42.5 Å². The first-order valence-corrected chi connectivity index (χ1v) is 15.3. The van der Waals surface area contributed by atoms with E-state index < -0.39 is 35.6 Å². The Bertz CT molecular complexity index is 1170. The number of ether oxygens (including phenoxy) is 1. The number of phenols is 1.